The van der Waals surface area contributed by atoms with E-state index in [0.717, 1.165) is 50.3 Å². The molecule has 9 heteroatoms. The number of ether oxygens (including phenoxy) is 2. The van der Waals surface area contributed by atoms with E-state index < -0.39 is 0 Å². The fraction of sp³-hybridized carbons (Fsp3) is 0.440. The van der Waals surface area contributed by atoms with Gasteiger partial charge in [0.05, 0.1) is 32.1 Å². The van der Waals surface area contributed by atoms with Crippen LogP contribution in [0.25, 0.3) is 10.8 Å². The van der Waals surface area contributed by atoms with Crippen molar-refractivity contribution in [2.45, 2.75) is 19.8 Å². The zero-order valence-corrected chi connectivity index (χ0v) is 19.5. The number of hydrogen-bond donors (Lipinski definition) is 1. The third kappa shape index (κ3) is 4.05. The third-order valence-corrected chi connectivity index (χ3v) is 6.79. The van der Waals surface area contributed by atoms with Gasteiger partial charge in [0, 0.05) is 31.7 Å². The van der Waals surface area contributed by atoms with E-state index in [1.54, 1.807) is 0 Å². The number of benzene rings is 2. The standard InChI is InChI=1S/C25H29N7O2/c1-17(20-8-7-19-6-5-18-3-2-4-21(20)22(18)19)29-30-23-26-24(31-9-13-33-14-10-31)28-25(27-23)32-11-15-34-16-12-32/h2-4,7-8H,5-6,9-16H2,1H3,(H,26,27,28,30)/b29-17+. The molecule has 34 heavy (non-hydrogen) atoms. The summed E-state index contributed by atoms with van der Waals surface area (Å²) >= 11 is 0. The molecular formula is C25H29N7O2. The molecule has 1 aliphatic carbocycles. The summed E-state index contributed by atoms with van der Waals surface area (Å²) in [5, 5.41) is 7.34. The van der Waals surface area contributed by atoms with E-state index in [1.165, 1.54) is 21.9 Å². The van der Waals surface area contributed by atoms with Crippen molar-refractivity contribution in [3.63, 3.8) is 0 Å². The maximum atomic E-state index is 5.51. The maximum absolute atomic E-state index is 5.51. The lowest BCUT2D eigenvalue weighted by atomic mass is 9.98. The first-order valence-electron chi connectivity index (χ1n) is 12.0. The molecule has 0 unspecified atom stereocenters. The number of anilines is 3. The Hall–Kier alpha value is -3.30. The van der Waals surface area contributed by atoms with Crippen molar-refractivity contribution in [3.05, 3.63) is 47.0 Å². The summed E-state index contributed by atoms with van der Waals surface area (Å²) in [5.74, 6) is 1.75. The van der Waals surface area contributed by atoms with Crippen molar-refractivity contribution in [1.82, 2.24) is 15.0 Å². The normalized spacial score (nSPS) is 18.6. The summed E-state index contributed by atoms with van der Waals surface area (Å²) in [5.41, 5.74) is 8.01. The second kappa shape index (κ2) is 9.15. The Morgan fingerprint density at radius 3 is 2.09 bits per heavy atom. The van der Waals surface area contributed by atoms with Crippen molar-refractivity contribution in [2.75, 3.05) is 67.8 Å². The molecule has 1 aromatic heterocycles. The van der Waals surface area contributed by atoms with E-state index in [9.17, 15) is 0 Å². The van der Waals surface area contributed by atoms with Crippen molar-refractivity contribution < 1.29 is 9.47 Å². The van der Waals surface area contributed by atoms with Gasteiger partial charge in [-0.3, -0.25) is 0 Å². The largest absolute Gasteiger partial charge is 0.378 e. The van der Waals surface area contributed by atoms with E-state index in [1.807, 2.05) is 6.92 Å². The van der Waals surface area contributed by atoms with Crippen LogP contribution in [0.3, 0.4) is 0 Å². The van der Waals surface area contributed by atoms with Gasteiger partial charge in [-0.1, -0.05) is 30.3 Å². The molecule has 0 radical (unpaired) electrons. The van der Waals surface area contributed by atoms with Crippen LogP contribution < -0.4 is 15.2 Å². The molecule has 176 valence electrons. The van der Waals surface area contributed by atoms with E-state index in [4.69, 9.17) is 29.5 Å². The molecule has 6 rings (SSSR count). The van der Waals surface area contributed by atoms with Gasteiger partial charge in [0.15, 0.2) is 0 Å². The number of hydrogen-bond acceptors (Lipinski definition) is 9. The first-order valence-corrected chi connectivity index (χ1v) is 12.0. The number of morpholine rings is 2. The van der Waals surface area contributed by atoms with Gasteiger partial charge in [-0.15, -0.1) is 0 Å². The summed E-state index contributed by atoms with van der Waals surface area (Å²) in [6.07, 6.45) is 2.23. The summed E-state index contributed by atoms with van der Waals surface area (Å²) in [6, 6.07) is 11.0. The lowest BCUT2D eigenvalue weighted by Crippen LogP contribution is -2.40. The molecule has 3 heterocycles. The Morgan fingerprint density at radius 1 is 0.824 bits per heavy atom. The molecule has 2 aliphatic heterocycles. The van der Waals surface area contributed by atoms with Gasteiger partial charge in [0.25, 0.3) is 0 Å². The lowest BCUT2D eigenvalue weighted by molar-refractivity contribution is 0.121. The number of aryl methyl sites for hydroxylation is 2. The highest BCUT2D eigenvalue weighted by molar-refractivity contribution is 6.11. The van der Waals surface area contributed by atoms with Gasteiger partial charge in [0.1, 0.15) is 0 Å². The second-order valence-electron chi connectivity index (χ2n) is 8.88. The first-order chi connectivity index (χ1) is 16.8. The molecular weight excluding hydrogens is 430 g/mol. The molecule has 0 saturated carbocycles. The van der Waals surface area contributed by atoms with Crippen molar-refractivity contribution >= 4 is 34.3 Å². The van der Waals surface area contributed by atoms with Crippen LogP contribution in [0.15, 0.2) is 35.4 Å². The number of nitrogens with one attached hydrogen (secondary N) is 1. The molecule has 2 aromatic carbocycles. The second-order valence-corrected chi connectivity index (χ2v) is 8.88. The highest BCUT2D eigenvalue weighted by atomic mass is 16.5. The summed E-state index contributed by atoms with van der Waals surface area (Å²) in [6.45, 7) is 7.74. The predicted molar refractivity (Wildman–Crippen MR) is 133 cm³/mol. The van der Waals surface area contributed by atoms with Gasteiger partial charge >= 0.3 is 0 Å². The molecule has 2 fully saturated rings. The predicted octanol–water partition coefficient (Wildman–Crippen LogP) is 2.63. The van der Waals surface area contributed by atoms with Crippen LogP contribution in [0, 0.1) is 0 Å². The number of aromatic nitrogens is 3. The van der Waals surface area contributed by atoms with Gasteiger partial charge in [0.2, 0.25) is 17.8 Å². The molecule has 2 saturated heterocycles. The number of nitrogens with zero attached hydrogens (tertiary/aromatic N) is 6. The minimum Gasteiger partial charge on any atom is -0.378 e. The quantitative estimate of drug-likeness (QED) is 0.460. The maximum Gasteiger partial charge on any atom is 0.250 e. The Bertz CT molecular complexity index is 1190. The van der Waals surface area contributed by atoms with Gasteiger partial charge < -0.3 is 19.3 Å². The SMILES string of the molecule is C/C(=N\Nc1nc(N2CCOCC2)nc(N2CCOCC2)n1)c1ccc2c3c(cccc13)CC2. The molecule has 0 spiro atoms. The highest BCUT2D eigenvalue weighted by Gasteiger charge is 2.21. The average molecular weight is 460 g/mol. The van der Waals surface area contributed by atoms with Gasteiger partial charge in [-0.2, -0.15) is 20.1 Å². The lowest BCUT2D eigenvalue weighted by Gasteiger charge is -2.30. The smallest absolute Gasteiger partial charge is 0.250 e. The van der Waals surface area contributed by atoms with E-state index in [-0.39, 0.29) is 0 Å². The molecule has 0 bridgehead atoms. The Labute approximate surface area is 198 Å². The van der Waals surface area contributed by atoms with Crippen LogP contribution in [0.4, 0.5) is 17.8 Å². The van der Waals surface area contributed by atoms with Crippen LogP contribution in [-0.4, -0.2) is 73.3 Å². The van der Waals surface area contributed by atoms with E-state index >= 15 is 0 Å². The Kier molecular flexibility index (Phi) is 5.72. The summed E-state index contributed by atoms with van der Waals surface area (Å²) < 4.78 is 11.0. The fourth-order valence-electron chi connectivity index (χ4n) is 4.97. The summed E-state index contributed by atoms with van der Waals surface area (Å²) in [4.78, 5) is 18.4. The zero-order chi connectivity index (χ0) is 22.9. The van der Waals surface area contributed by atoms with Crippen LogP contribution in [0.2, 0.25) is 0 Å². The van der Waals surface area contributed by atoms with Gasteiger partial charge in [-0.05, 0) is 41.7 Å². The molecule has 0 amide bonds. The number of hydrazone groups is 1. The minimum absolute atomic E-state index is 0.447. The third-order valence-electron chi connectivity index (χ3n) is 6.79. The molecule has 9 nitrogen and oxygen atoms in total. The van der Waals surface area contributed by atoms with E-state index in [0.29, 0.717) is 44.3 Å². The van der Waals surface area contributed by atoms with Gasteiger partial charge in [-0.25, -0.2) is 5.43 Å². The summed E-state index contributed by atoms with van der Waals surface area (Å²) in [7, 11) is 0. The van der Waals surface area contributed by atoms with Crippen molar-refractivity contribution in [1.29, 1.82) is 0 Å². The number of rotatable bonds is 5. The van der Waals surface area contributed by atoms with Crippen LogP contribution in [0.1, 0.15) is 23.6 Å². The zero-order valence-electron chi connectivity index (χ0n) is 19.5. The molecule has 3 aromatic rings. The van der Waals surface area contributed by atoms with Crippen molar-refractivity contribution in [2.24, 2.45) is 5.10 Å². The molecule has 1 N–H and O–H groups in total. The Morgan fingerprint density at radius 2 is 1.44 bits per heavy atom. The molecule has 3 aliphatic rings. The van der Waals surface area contributed by atoms with Crippen LogP contribution >= 0.6 is 0 Å². The Balaban J connectivity index is 1.32. The first kappa shape index (κ1) is 21.2. The topological polar surface area (TPSA) is 88.0 Å². The van der Waals surface area contributed by atoms with Crippen LogP contribution in [-0.2, 0) is 22.3 Å². The average Bonchev–Trinajstić information content (AvgIpc) is 3.33. The highest BCUT2D eigenvalue weighted by Crippen LogP contribution is 2.33. The molecule has 0 atom stereocenters. The van der Waals surface area contributed by atoms with Crippen LogP contribution in [0.5, 0.6) is 0 Å². The monoisotopic (exact) mass is 459 g/mol. The fourth-order valence-corrected chi connectivity index (χ4v) is 4.97. The van der Waals surface area contributed by atoms with Crippen molar-refractivity contribution in [3.8, 4) is 0 Å². The minimum atomic E-state index is 0.447. The van der Waals surface area contributed by atoms with E-state index in [2.05, 4.69) is 45.6 Å².